The molecule has 94 valence electrons. The van der Waals surface area contributed by atoms with E-state index in [1.165, 1.54) is 20.8 Å². The first-order valence-electron chi connectivity index (χ1n) is 4.74. The SMILES string of the molecule is C[C@@H](O)[C@H](N)C(=O)OC(C)(C)C(N)C(=O)O. The van der Waals surface area contributed by atoms with Gasteiger partial charge in [0.2, 0.25) is 0 Å². The van der Waals surface area contributed by atoms with Gasteiger partial charge < -0.3 is 26.4 Å². The molecule has 16 heavy (non-hydrogen) atoms. The van der Waals surface area contributed by atoms with Gasteiger partial charge in [0.25, 0.3) is 0 Å². The highest BCUT2D eigenvalue weighted by atomic mass is 16.6. The van der Waals surface area contributed by atoms with E-state index in [-0.39, 0.29) is 0 Å². The van der Waals surface area contributed by atoms with Gasteiger partial charge in [-0.1, -0.05) is 0 Å². The van der Waals surface area contributed by atoms with Crippen LogP contribution in [0.4, 0.5) is 0 Å². The van der Waals surface area contributed by atoms with Crippen LogP contribution in [-0.2, 0) is 14.3 Å². The highest BCUT2D eigenvalue weighted by molar-refractivity contribution is 5.79. The first-order chi connectivity index (χ1) is 7.09. The summed E-state index contributed by atoms with van der Waals surface area (Å²) < 4.78 is 4.85. The number of hydrogen-bond donors (Lipinski definition) is 4. The summed E-state index contributed by atoms with van der Waals surface area (Å²) in [4.78, 5) is 22.0. The van der Waals surface area contributed by atoms with Crippen LogP contribution in [0.3, 0.4) is 0 Å². The van der Waals surface area contributed by atoms with Crippen molar-refractivity contribution < 1.29 is 24.5 Å². The first-order valence-corrected chi connectivity index (χ1v) is 4.74. The van der Waals surface area contributed by atoms with Crippen molar-refractivity contribution in [1.82, 2.24) is 0 Å². The Balaban J connectivity index is 4.59. The molecular formula is C9H18N2O5. The molecule has 0 bridgehead atoms. The average Bonchev–Trinajstić information content (AvgIpc) is 2.14. The van der Waals surface area contributed by atoms with Crippen molar-refractivity contribution >= 4 is 11.9 Å². The molecule has 0 amide bonds. The molecule has 7 heteroatoms. The maximum atomic E-state index is 11.4. The van der Waals surface area contributed by atoms with Crippen molar-refractivity contribution in [3.8, 4) is 0 Å². The van der Waals surface area contributed by atoms with Gasteiger partial charge in [0.1, 0.15) is 17.7 Å². The lowest BCUT2D eigenvalue weighted by Gasteiger charge is -2.30. The van der Waals surface area contributed by atoms with Crippen LogP contribution in [0.1, 0.15) is 20.8 Å². The topological polar surface area (TPSA) is 136 Å². The van der Waals surface area contributed by atoms with Gasteiger partial charge in [-0.3, -0.25) is 9.59 Å². The van der Waals surface area contributed by atoms with Crippen molar-refractivity contribution in [3.05, 3.63) is 0 Å². The summed E-state index contributed by atoms with van der Waals surface area (Å²) in [6, 6.07) is -2.59. The lowest BCUT2D eigenvalue weighted by Crippen LogP contribution is -2.54. The molecule has 0 saturated heterocycles. The zero-order chi connectivity index (χ0) is 13.1. The summed E-state index contributed by atoms with van der Waals surface area (Å²) >= 11 is 0. The standard InChI is InChI=1S/C9H18N2O5/c1-4(12)5(10)8(15)16-9(2,3)6(11)7(13)14/h4-6,12H,10-11H2,1-3H3,(H,13,14)/t4-,5+,6?/m1/s1. The van der Waals surface area contributed by atoms with E-state index >= 15 is 0 Å². The highest BCUT2D eigenvalue weighted by Crippen LogP contribution is 2.15. The van der Waals surface area contributed by atoms with Gasteiger partial charge in [-0.15, -0.1) is 0 Å². The Morgan fingerprint density at radius 1 is 1.31 bits per heavy atom. The number of carboxylic acids is 1. The summed E-state index contributed by atoms with van der Waals surface area (Å²) in [7, 11) is 0. The fourth-order valence-electron chi connectivity index (χ4n) is 0.885. The Bertz CT molecular complexity index is 277. The molecule has 0 heterocycles. The highest BCUT2D eigenvalue weighted by Gasteiger charge is 2.37. The second-order valence-electron chi connectivity index (χ2n) is 4.11. The van der Waals surface area contributed by atoms with Gasteiger partial charge in [0.05, 0.1) is 6.10 Å². The molecule has 0 aliphatic heterocycles. The number of aliphatic hydroxyl groups excluding tert-OH is 1. The lowest BCUT2D eigenvalue weighted by atomic mass is 9.99. The number of carboxylic acid groups (broad SMARTS) is 1. The van der Waals surface area contributed by atoms with Crippen LogP contribution in [0, 0.1) is 0 Å². The molecule has 0 aromatic heterocycles. The van der Waals surface area contributed by atoms with Crippen molar-refractivity contribution in [3.63, 3.8) is 0 Å². The number of rotatable bonds is 5. The van der Waals surface area contributed by atoms with Gasteiger partial charge >= 0.3 is 11.9 Å². The smallest absolute Gasteiger partial charge is 0.326 e. The molecule has 6 N–H and O–H groups in total. The average molecular weight is 234 g/mol. The first kappa shape index (κ1) is 14.8. The van der Waals surface area contributed by atoms with E-state index < -0.39 is 35.7 Å². The molecular weight excluding hydrogens is 216 g/mol. The molecule has 0 spiro atoms. The molecule has 0 aliphatic rings. The fraction of sp³-hybridized carbons (Fsp3) is 0.778. The van der Waals surface area contributed by atoms with Crippen LogP contribution in [0.5, 0.6) is 0 Å². The zero-order valence-corrected chi connectivity index (χ0v) is 9.51. The Morgan fingerprint density at radius 3 is 2.06 bits per heavy atom. The van der Waals surface area contributed by atoms with E-state index in [0.717, 1.165) is 0 Å². The quantitative estimate of drug-likeness (QED) is 0.422. The van der Waals surface area contributed by atoms with E-state index in [0.29, 0.717) is 0 Å². The maximum Gasteiger partial charge on any atom is 0.326 e. The van der Waals surface area contributed by atoms with Gasteiger partial charge in [0.15, 0.2) is 0 Å². The van der Waals surface area contributed by atoms with Crippen LogP contribution in [0.25, 0.3) is 0 Å². The largest absolute Gasteiger partial charge is 0.480 e. The summed E-state index contributed by atoms with van der Waals surface area (Å²) in [5.41, 5.74) is 9.28. The minimum Gasteiger partial charge on any atom is -0.480 e. The van der Waals surface area contributed by atoms with E-state index in [2.05, 4.69) is 0 Å². The Hall–Kier alpha value is -1.18. The van der Waals surface area contributed by atoms with Crippen molar-refractivity contribution in [2.24, 2.45) is 11.5 Å². The molecule has 1 unspecified atom stereocenters. The van der Waals surface area contributed by atoms with Gasteiger partial charge in [-0.25, -0.2) is 0 Å². The summed E-state index contributed by atoms with van der Waals surface area (Å²) in [5.74, 6) is -2.18. The van der Waals surface area contributed by atoms with Crippen molar-refractivity contribution in [2.75, 3.05) is 0 Å². The predicted molar refractivity (Wildman–Crippen MR) is 55.4 cm³/mol. The number of ether oxygens (including phenoxy) is 1. The monoisotopic (exact) mass is 234 g/mol. The number of esters is 1. The molecule has 0 fully saturated rings. The molecule has 0 saturated carbocycles. The minimum atomic E-state index is -1.39. The number of aliphatic carboxylic acids is 1. The number of carbonyl (C=O) groups is 2. The van der Waals surface area contributed by atoms with Crippen LogP contribution >= 0.6 is 0 Å². The number of carbonyl (C=O) groups excluding carboxylic acids is 1. The molecule has 7 nitrogen and oxygen atoms in total. The van der Waals surface area contributed by atoms with Gasteiger partial charge in [-0.05, 0) is 20.8 Å². The van der Waals surface area contributed by atoms with Crippen LogP contribution in [0.15, 0.2) is 0 Å². The predicted octanol–water partition coefficient (Wildman–Crippen LogP) is -1.57. The van der Waals surface area contributed by atoms with Crippen molar-refractivity contribution in [1.29, 1.82) is 0 Å². The van der Waals surface area contributed by atoms with E-state index in [1.54, 1.807) is 0 Å². The number of nitrogens with two attached hydrogens (primary N) is 2. The Kier molecular flexibility index (Phi) is 4.85. The third-order valence-electron chi connectivity index (χ3n) is 2.17. The van der Waals surface area contributed by atoms with Gasteiger partial charge in [-0.2, -0.15) is 0 Å². The zero-order valence-electron chi connectivity index (χ0n) is 9.51. The second kappa shape index (κ2) is 5.24. The Morgan fingerprint density at radius 2 is 1.75 bits per heavy atom. The van der Waals surface area contributed by atoms with Crippen molar-refractivity contribution in [2.45, 2.75) is 44.6 Å². The normalized spacial score (nSPS) is 17.4. The van der Waals surface area contributed by atoms with E-state index in [9.17, 15) is 9.59 Å². The second-order valence-corrected chi connectivity index (χ2v) is 4.11. The molecule has 0 radical (unpaired) electrons. The molecule has 3 atom stereocenters. The summed E-state index contributed by atoms with van der Waals surface area (Å²) in [6.07, 6.45) is -1.08. The van der Waals surface area contributed by atoms with Crippen LogP contribution in [-0.4, -0.2) is 45.9 Å². The number of hydrogen-bond acceptors (Lipinski definition) is 6. The molecule has 0 aromatic rings. The molecule has 0 aromatic carbocycles. The van der Waals surface area contributed by atoms with E-state index in [1.807, 2.05) is 0 Å². The summed E-state index contributed by atoms with van der Waals surface area (Å²) in [5, 5.41) is 17.7. The van der Waals surface area contributed by atoms with Crippen LogP contribution in [0.2, 0.25) is 0 Å². The number of aliphatic hydroxyl groups is 1. The molecule has 0 aliphatic carbocycles. The van der Waals surface area contributed by atoms with Crippen LogP contribution < -0.4 is 11.5 Å². The lowest BCUT2D eigenvalue weighted by molar-refractivity contribution is -0.166. The summed E-state index contributed by atoms with van der Waals surface area (Å²) in [6.45, 7) is 4.05. The third kappa shape index (κ3) is 3.76. The minimum absolute atomic E-state index is 0.892. The Labute approximate surface area is 93.4 Å². The fourth-order valence-corrected chi connectivity index (χ4v) is 0.885. The molecule has 0 rings (SSSR count). The van der Waals surface area contributed by atoms with E-state index in [4.69, 9.17) is 26.4 Å². The maximum absolute atomic E-state index is 11.4. The van der Waals surface area contributed by atoms with Gasteiger partial charge in [0, 0.05) is 0 Å². The third-order valence-corrected chi connectivity index (χ3v) is 2.17.